The lowest BCUT2D eigenvalue weighted by atomic mass is 10.2. The number of rotatable bonds is 8. The van der Waals surface area contributed by atoms with Gasteiger partial charge in [0.1, 0.15) is 11.5 Å². The van der Waals surface area contributed by atoms with Crippen molar-refractivity contribution in [2.75, 3.05) is 33.3 Å². The number of nitrogens with two attached hydrogens (primary N) is 1. The van der Waals surface area contributed by atoms with Gasteiger partial charge in [-0.25, -0.2) is 4.99 Å². The number of hydrogen-bond donors (Lipinski definition) is 2. The predicted molar refractivity (Wildman–Crippen MR) is 102 cm³/mol. The number of nitrogens with zero attached hydrogens (tertiary/aromatic N) is 3. The largest absolute Gasteiger partial charge is 0.497 e. The number of methoxy groups -OCH3 is 3. The summed E-state index contributed by atoms with van der Waals surface area (Å²) in [6.45, 7) is 5.76. The molecule has 0 unspecified atom stereocenters. The van der Waals surface area contributed by atoms with E-state index in [0.717, 1.165) is 17.0 Å². The van der Waals surface area contributed by atoms with E-state index in [0.29, 0.717) is 42.8 Å². The van der Waals surface area contributed by atoms with E-state index in [4.69, 9.17) is 19.9 Å². The first-order valence-corrected chi connectivity index (χ1v) is 8.31. The number of aliphatic imine (C=N–C) groups is 1. The van der Waals surface area contributed by atoms with Gasteiger partial charge in [0, 0.05) is 24.4 Å². The Bertz CT molecular complexity index is 770. The minimum absolute atomic E-state index is 0.292. The van der Waals surface area contributed by atoms with Gasteiger partial charge in [0.15, 0.2) is 5.96 Å². The smallest absolute Gasteiger partial charge is 0.193 e. The third kappa shape index (κ3) is 4.66. The van der Waals surface area contributed by atoms with E-state index in [-0.39, 0.29) is 0 Å². The van der Waals surface area contributed by atoms with Gasteiger partial charge in [0.25, 0.3) is 0 Å². The molecule has 2 rings (SSSR count). The zero-order chi connectivity index (χ0) is 19.1. The van der Waals surface area contributed by atoms with Gasteiger partial charge in [-0.2, -0.15) is 5.10 Å². The van der Waals surface area contributed by atoms with Crippen LogP contribution in [0.4, 0.5) is 5.69 Å². The fourth-order valence-electron chi connectivity index (χ4n) is 2.61. The molecule has 0 aliphatic rings. The van der Waals surface area contributed by atoms with Crippen LogP contribution in [0, 0.1) is 13.8 Å². The van der Waals surface area contributed by atoms with Crippen LogP contribution in [-0.2, 0) is 17.8 Å². The van der Waals surface area contributed by atoms with Crippen molar-refractivity contribution in [2.45, 2.75) is 26.9 Å². The number of aryl methyl sites for hydroxylation is 1. The highest BCUT2D eigenvalue weighted by Gasteiger charge is 2.11. The van der Waals surface area contributed by atoms with Gasteiger partial charge in [-0.15, -0.1) is 0 Å². The van der Waals surface area contributed by atoms with E-state index in [1.165, 1.54) is 0 Å². The Morgan fingerprint density at radius 3 is 2.65 bits per heavy atom. The van der Waals surface area contributed by atoms with Crippen molar-refractivity contribution < 1.29 is 14.2 Å². The van der Waals surface area contributed by atoms with Crippen LogP contribution in [0.2, 0.25) is 0 Å². The summed E-state index contributed by atoms with van der Waals surface area (Å²) in [6, 6.07) is 5.43. The molecule has 0 aliphatic carbocycles. The van der Waals surface area contributed by atoms with E-state index in [1.54, 1.807) is 27.4 Å². The Morgan fingerprint density at radius 2 is 2.00 bits per heavy atom. The summed E-state index contributed by atoms with van der Waals surface area (Å²) < 4.78 is 17.6. The maximum absolute atomic E-state index is 6.05. The third-order valence-corrected chi connectivity index (χ3v) is 4.12. The van der Waals surface area contributed by atoms with Crippen LogP contribution >= 0.6 is 0 Å². The highest BCUT2D eigenvalue weighted by Crippen LogP contribution is 2.28. The van der Waals surface area contributed by atoms with Gasteiger partial charge in [-0.05, 0) is 26.0 Å². The molecule has 1 aromatic heterocycles. The zero-order valence-electron chi connectivity index (χ0n) is 16.0. The van der Waals surface area contributed by atoms with Crippen molar-refractivity contribution in [1.82, 2.24) is 9.78 Å². The van der Waals surface area contributed by atoms with Crippen LogP contribution in [0.3, 0.4) is 0 Å². The summed E-state index contributed by atoms with van der Waals surface area (Å²) in [5, 5.41) is 7.59. The first-order chi connectivity index (χ1) is 12.5. The number of hydrogen-bond acceptors (Lipinski definition) is 5. The maximum atomic E-state index is 6.05. The maximum Gasteiger partial charge on any atom is 0.193 e. The summed E-state index contributed by atoms with van der Waals surface area (Å²) in [7, 11) is 4.88. The van der Waals surface area contributed by atoms with Gasteiger partial charge in [-0.1, -0.05) is 0 Å². The van der Waals surface area contributed by atoms with E-state index < -0.39 is 0 Å². The average Bonchev–Trinajstić information content (AvgIpc) is 2.91. The standard InChI is InChI=1S/C18H27N5O3/c1-12-15(13(2)23(22-12)8-9-24-3)11-20-18(19)21-16-10-14(25-4)6-7-17(16)26-5/h6-7,10H,8-9,11H2,1-5H3,(H3,19,20,21). The second kappa shape index (κ2) is 9.10. The molecule has 2 aromatic rings. The molecule has 8 nitrogen and oxygen atoms in total. The van der Waals surface area contributed by atoms with Gasteiger partial charge < -0.3 is 25.3 Å². The molecule has 1 aromatic carbocycles. The molecule has 3 N–H and O–H groups in total. The van der Waals surface area contributed by atoms with Crippen molar-refractivity contribution >= 4 is 11.6 Å². The molecule has 0 saturated carbocycles. The fourth-order valence-corrected chi connectivity index (χ4v) is 2.61. The van der Waals surface area contributed by atoms with Gasteiger partial charge in [0.05, 0.1) is 45.3 Å². The van der Waals surface area contributed by atoms with Crippen molar-refractivity contribution in [3.63, 3.8) is 0 Å². The van der Waals surface area contributed by atoms with Crippen LogP contribution in [-0.4, -0.2) is 43.7 Å². The highest BCUT2D eigenvalue weighted by atomic mass is 16.5. The number of nitrogens with one attached hydrogen (secondary N) is 1. The minimum Gasteiger partial charge on any atom is -0.497 e. The molecule has 1 heterocycles. The van der Waals surface area contributed by atoms with Gasteiger partial charge >= 0.3 is 0 Å². The fraction of sp³-hybridized carbons (Fsp3) is 0.444. The summed E-state index contributed by atoms with van der Waals surface area (Å²) in [4.78, 5) is 4.44. The van der Waals surface area contributed by atoms with Gasteiger partial charge in [0.2, 0.25) is 0 Å². The Balaban J connectivity index is 2.13. The summed E-state index contributed by atoms with van der Waals surface area (Å²) >= 11 is 0. The summed E-state index contributed by atoms with van der Waals surface area (Å²) in [5.74, 6) is 1.65. The third-order valence-electron chi connectivity index (χ3n) is 4.12. The van der Waals surface area contributed by atoms with Crippen LogP contribution in [0.1, 0.15) is 17.0 Å². The van der Waals surface area contributed by atoms with E-state index in [1.807, 2.05) is 30.7 Å². The molecule has 0 atom stereocenters. The van der Waals surface area contributed by atoms with Crippen molar-refractivity contribution in [3.8, 4) is 11.5 Å². The number of benzene rings is 1. The van der Waals surface area contributed by atoms with Crippen LogP contribution in [0.5, 0.6) is 11.5 Å². The number of anilines is 1. The monoisotopic (exact) mass is 361 g/mol. The molecular formula is C18H27N5O3. The number of guanidine groups is 1. The van der Waals surface area contributed by atoms with E-state index >= 15 is 0 Å². The Hall–Kier alpha value is -2.74. The predicted octanol–water partition coefficient (Wildman–Crippen LogP) is 2.09. The van der Waals surface area contributed by atoms with Crippen LogP contribution < -0.4 is 20.5 Å². The normalized spacial score (nSPS) is 11.5. The molecule has 0 saturated heterocycles. The molecule has 142 valence electrons. The molecule has 0 radical (unpaired) electrons. The molecule has 0 aliphatic heterocycles. The molecule has 0 spiro atoms. The second-order valence-corrected chi connectivity index (χ2v) is 5.76. The lowest BCUT2D eigenvalue weighted by molar-refractivity contribution is 0.182. The van der Waals surface area contributed by atoms with Crippen molar-refractivity contribution in [1.29, 1.82) is 0 Å². The van der Waals surface area contributed by atoms with Crippen molar-refractivity contribution in [2.24, 2.45) is 10.7 Å². The van der Waals surface area contributed by atoms with Crippen LogP contribution in [0.25, 0.3) is 0 Å². The van der Waals surface area contributed by atoms with E-state index in [9.17, 15) is 0 Å². The SMILES string of the molecule is COCCn1nc(C)c(CN=C(N)Nc2cc(OC)ccc2OC)c1C. The first kappa shape index (κ1) is 19.6. The lowest BCUT2D eigenvalue weighted by Gasteiger charge is -2.12. The van der Waals surface area contributed by atoms with Gasteiger partial charge in [-0.3, -0.25) is 4.68 Å². The average molecular weight is 361 g/mol. The quantitative estimate of drug-likeness (QED) is 0.552. The second-order valence-electron chi connectivity index (χ2n) is 5.76. The lowest BCUT2D eigenvalue weighted by Crippen LogP contribution is -2.23. The molecule has 8 heteroatoms. The zero-order valence-corrected chi connectivity index (χ0v) is 16.0. The number of ether oxygens (including phenoxy) is 3. The molecule has 0 bridgehead atoms. The Kier molecular flexibility index (Phi) is 6.85. The first-order valence-electron chi connectivity index (χ1n) is 8.31. The Morgan fingerprint density at radius 1 is 1.23 bits per heavy atom. The minimum atomic E-state index is 0.292. The summed E-state index contributed by atoms with van der Waals surface area (Å²) in [6.07, 6.45) is 0. The summed E-state index contributed by atoms with van der Waals surface area (Å²) in [5.41, 5.74) is 9.81. The molecule has 0 fully saturated rings. The topological polar surface area (TPSA) is 95.9 Å². The highest BCUT2D eigenvalue weighted by molar-refractivity contribution is 5.94. The Labute approximate surface area is 154 Å². The molecule has 0 amide bonds. The molecular weight excluding hydrogens is 334 g/mol. The van der Waals surface area contributed by atoms with E-state index in [2.05, 4.69) is 15.4 Å². The molecule has 26 heavy (non-hydrogen) atoms. The van der Waals surface area contributed by atoms with Crippen LogP contribution in [0.15, 0.2) is 23.2 Å². The van der Waals surface area contributed by atoms with Crippen molar-refractivity contribution in [3.05, 3.63) is 35.2 Å². The number of aromatic nitrogens is 2.